The lowest BCUT2D eigenvalue weighted by molar-refractivity contribution is 0.331. The number of hydrogen-bond acceptors (Lipinski definition) is 5. The maximum absolute atomic E-state index is 6.25. The number of aromatic amines is 1. The Morgan fingerprint density at radius 1 is 1.30 bits per heavy atom. The van der Waals surface area contributed by atoms with Crippen molar-refractivity contribution in [3.05, 3.63) is 44.5 Å². The molecule has 1 atom stereocenters. The van der Waals surface area contributed by atoms with Gasteiger partial charge < -0.3 is 19.9 Å². The maximum Gasteiger partial charge on any atom is 0.205 e. The number of nitrogens with zero attached hydrogens (tertiary/aromatic N) is 3. The van der Waals surface area contributed by atoms with Gasteiger partial charge in [-0.3, -0.25) is 0 Å². The first-order valence-electron chi connectivity index (χ1n) is 9.65. The van der Waals surface area contributed by atoms with Crippen LogP contribution in [0.25, 0.3) is 11.2 Å². The number of ether oxygens (including phenoxy) is 1. The molecule has 0 bridgehead atoms. The van der Waals surface area contributed by atoms with Crippen molar-refractivity contribution < 1.29 is 4.74 Å². The first-order chi connectivity index (χ1) is 14.0. The van der Waals surface area contributed by atoms with Crippen LogP contribution in [0.5, 0.6) is 5.75 Å². The van der Waals surface area contributed by atoms with Gasteiger partial charge in [0, 0.05) is 36.3 Å². The molecule has 0 radical (unpaired) electrons. The second-order valence-corrected chi connectivity index (χ2v) is 8.72. The maximum atomic E-state index is 6.25. The summed E-state index contributed by atoms with van der Waals surface area (Å²) in [6.07, 6.45) is 2.19. The lowest BCUT2D eigenvalue weighted by Crippen LogP contribution is -2.46. The highest BCUT2D eigenvalue weighted by molar-refractivity contribution is 9.10. The van der Waals surface area contributed by atoms with E-state index in [4.69, 9.17) is 27.9 Å². The van der Waals surface area contributed by atoms with Gasteiger partial charge in [-0.05, 0) is 60.0 Å². The molecule has 1 aromatic carbocycles. The van der Waals surface area contributed by atoms with Gasteiger partial charge in [-0.25, -0.2) is 4.98 Å². The molecule has 0 unspecified atom stereocenters. The Bertz CT molecular complexity index is 1020. The average molecular weight is 533 g/mol. The molecule has 0 aliphatic carbocycles. The van der Waals surface area contributed by atoms with Crippen molar-refractivity contribution in [2.45, 2.75) is 32.4 Å². The molecule has 3 aromatic rings. The normalized spacial score (nSPS) is 16.5. The van der Waals surface area contributed by atoms with Crippen molar-refractivity contribution in [3.8, 4) is 5.75 Å². The third kappa shape index (κ3) is 5.34. The summed E-state index contributed by atoms with van der Waals surface area (Å²) in [4.78, 5) is 14.5. The highest BCUT2D eigenvalue weighted by Crippen LogP contribution is 2.33. The van der Waals surface area contributed by atoms with Crippen LogP contribution in [0.3, 0.4) is 0 Å². The van der Waals surface area contributed by atoms with E-state index in [-0.39, 0.29) is 13.5 Å². The average Bonchev–Trinajstić information content (AvgIpc) is 3.12. The van der Waals surface area contributed by atoms with Crippen LogP contribution in [0.4, 0.5) is 5.95 Å². The second kappa shape index (κ2) is 10.4. The molecule has 3 heterocycles. The van der Waals surface area contributed by atoms with Crippen LogP contribution in [-0.4, -0.2) is 40.7 Å². The van der Waals surface area contributed by atoms with Gasteiger partial charge in [0.25, 0.3) is 0 Å². The van der Waals surface area contributed by atoms with Crippen LogP contribution >= 0.6 is 52.6 Å². The smallest absolute Gasteiger partial charge is 0.205 e. The first kappa shape index (κ1) is 23.5. The second-order valence-electron chi connectivity index (χ2n) is 7.04. The zero-order valence-corrected chi connectivity index (χ0v) is 20.6. The standard InChI is InChI=1S/C20H22BrCl2N5O.H2S/c1-2-29-18-12(8-13(22)9-15(18)21)10-24-14-4-3-7-28(11-14)20-25-16-5-6-17(23)26-19(16)27-20;/h5-6,8-9,14,24H,2-4,7,10-11H2,1H3,(H,25,26,27);1H2/t14-;/m0./s1. The fraction of sp³-hybridized carbons (Fsp3) is 0.400. The van der Waals surface area contributed by atoms with Crippen LogP contribution in [0.1, 0.15) is 25.3 Å². The number of aromatic nitrogens is 3. The molecular weight excluding hydrogens is 509 g/mol. The van der Waals surface area contributed by atoms with Gasteiger partial charge in [-0.2, -0.15) is 18.5 Å². The van der Waals surface area contributed by atoms with Gasteiger partial charge in [0.05, 0.1) is 16.6 Å². The summed E-state index contributed by atoms with van der Waals surface area (Å²) in [6, 6.07) is 7.83. The number of H-pyrrole nitrogens is 1. The fourth-order valence-electron chi connectivity index (χ4n) is 3.65. The van der Waals surface area contributed by atoms with Crippen molar-refractivity contribution in [3.63, 3.8) is 0 Å². The molecule has 2 aromatic heterocycles. The molecule has 0 spiro atoms. The number of piperidine rings is 1. The van der Waals surface area contributed by atoms with E-state index in [1.807, 2.05) is 25.1 Å². The molecule has 6 nitrogen and oxygen atoms in total. The van der Waals surface area contributed by atoms with E-state index in [0.717, 1.165) is 53.2 Å². The van der Waals surface area contributed by atoms with E-state index in [9.17, 15) is 0 Å². The molecule has 10 heteroatoms. The van der Waals surface area contributed by atoms with Crippen molar-refractivity contribution in [1.82, 2.24) is 20.3 Å². The topological polar surface area (TPSA) is 66.1 Å². The largest absolute Gasteiger partial charge is 0.492 e. The Kier molecular flexibility index (Phi) is 8.15. The molecule has 1 fully saturated rings. The molecule has 30 heavy (non-hydrogen) atoms. The van der Waals surface area contributed by atoms with Crippen molar-refractivity contribution in [2.24, 2.45) is 0 Å². The van der Waals surface area contributed by atoms with E-state index in [0.29, 0.717) is 35.0 Å². The molecule has 4 rings (SSSR count). The number of benzene rings is 1. The summed E-state index contributed by atoms with van der Waals surface area (Å²) in [5, 5.41) is 4.80. The third-order valence-electron chi connectivity index (χ3n) is 4.98. The van der Waals surface area contributed by atoms with Gasteiger partial charge in [0.15, 0.2) is 5.65 Å². The van der Waals surface area contributed by atoms with Gasteiger partial charge in [0.1, 0.15) is 10.9 Å². The van der Waals surface area contributed by atoms with Crippen LogP contribution in [0.2, 0.25) is 10.2 Å². The molecule has 1 saturated heterocycles. The SMILES string of the molecule is CCOc1c(Br)cc(Cl)cc1CN[C@H]1CCCN(c2nc3nc(Cl)ccc3[nH]2)C1.S. The fourth-order valence-corrected chi connectivity index (χ4v) is 4.78. The monoisotopic (exact) mass is 531 g/mol. The molecule has 162 valence electrons. The highest BCUT2D eigenvalue weighted by Gasteiger charge is 2.23. The molecule has 0 saturated carbocycles. The Morgan fingerprint density at radius 3 is 2.93 bits per heavy atom. The number of pyridine rings is 1. The van der Waals surface area contributed by atoms with Crippen LogP contribution in [-0.2, 0) is 6.54 Å². The molecule has 2 N–H and O–H groups in total. The van der Waals surface area contributed by atoms with Gasteiger partial charge >= 0.3 is 0 Å². The Morgan fingerprint density at radius 2 is 2.13 bits per heavy atom. The molecule has 0 amide bonds. The minimum Gasteiger partial charge on any atom is -0.492 e. The first-order valence-corrected chi connectivity index (χ1v) is 11.2. The Hall–Kier alpha value is -1.19. The number of imidazole rings is 1. The minimum atomic E-state index is 0. The number of nitrogens with one attached hydrogen (secondary N) is 2. The van der Waals surface area contributed by atoms with Crippen molar-refractivity contribution in [1.29, 1.82) is 0 Å². The van der Waals surface area contributed by atoms with E-state index < -0.39 is 0 Å². The van der Waals surface area contributed by atoms with Crippen LogP contribution < -0.4 is 15.0 Å². The summed E-state index contributed by atoms with van der Waals surface area (Å²) in [5.41, 5.74) is 2.59. The van der Waals surface area contributed by atoms with Gasteiger partial charge in [-0.15, -0.1) is 0 Å². The Labute approximate surface area is 201 Å². The summed E-state index contributed by atoms with van der Waals surface area (Å²) >= 11 is 15.8. The minimum absolute atomic E-state index is 0. The highest BCUT2D eigenvalue weighted by atomic mass is 79.9. The van der Waals surface area contributed by atoms with E-state index >= 15 is 0 Å². The van der Waals surface area contributed by atoms with Crippen LogP contribution in [0, 0.1) is 0 Å². The van der Waals surface area contributed by atoms with E-state index in [1.54, 1.807) is 6.07 Å². The number of hydrogen-bond donors (Lipinski definition) is 2. The zero-order valence-electron chi connectivity index (χ0n) is 16.5. The van der Waals surface area contributed by atoms with Crippen molar-refractivity contribution in [2.75, 3.05) is 24.6 Å². The van der Waals surface area contributed by atoms with E-state index in [1.165, 1.54) is 0 Å². The van der Waals surface area contributed by atoms with E-state index in [2.05, 4.69) is 41.1 Å². The molecule has 1 aliphatic rings. The quantitative estimate of drug-likeness (QED) is 0.422. The number of halogens is 3. The number of fused-ring (bicyclic) bond motifs is 1. The van der Waals surface area contributed by atoms with Crippen LogP contribution in [0.15, 0.2) is 28.7 Å². The lowest BCUT2D eigenvalue weighted by Gasteiger charge is -2.33. The molecular formula is C20H24BrCl2N5OS. The summed E-state index contributed by atoms with van der Waals surface area (Å²) in [5.74, 6) is 1.68. The van der Waals surface area contributed by atoms with Gasteiger partial charge in [0.2, 0.25) is 5.95 Å². The van der Waals surface area contributed by atoms with Crippen molar-refractivity contribution >= 4 is 69.7 Å². The summed E-state index contributed by atoms with van der Waals surface area (Å²) in [7, 11) is 0. The predicted molar refractivity (Wildman–Crippen MR) is 132 cm³/mol. The predicted octanol–water partition coefficient (Wildman–Crippen LogP) is 5.30. The zero-order chi connectivity index (χ0) is 20.4. The third-order valence-corrected chi connectivity index (χ3v) is 5.99. The summed E-state index contributed by atoms with van der Waals surface area (Å²) in [6.45, 7) is 5.09. The summed E-state index contributed by atoms with van der Waals surface area (Å²) < 4.78 is 6.68. The molecule has 1 aliphatic heterocycles. The number of rotatable bonds is 6. The number of anilines is 1. The van der Waals surface area contributed by atoms with Gasteiger partial charge in [-0.1, -0.05) is 23.2 Å². The lowest BCUT2D eigenvalue weighted by atomic mass is 10.1. The Balaban J connectivity index is 0.00000256.